The lowest BCUT2D eigenvalue weighted by Crippen LogP contribution is -2.28. The molecule has 1 aromatic carbocycles. The molecule has 0 saturated carbocycles. The minimum absolute atomic E-state index is 0.308. The quantitative estimate of drug-likeness (QED) is 0.721. The van der Waals surface area contributed by atoms with Crippen LogP contribution < -0.4 is 0 Å². The summed E-state index contributed by atoms with van der Waals surface area (Å²) in [5.74, 6) is 0.392. The van der Waals surface area contributed by atoms with Crippen LogP contribution in [0.3, 0.4) is 0 Å². The van der Waals surface area contributed by atoms with E-state index in [0.29, 0.717) is 11.3 Å². The molecule has 0 heterocycles. The van der Waals surface area contributed by atoms with Gasteiger partial charge in [-0.2, -0.15) is 0 Å². The van der Waals surface area contributed by atoms with E-state index in [2.05, 4.69) is 45.0 Å². The summed E-state index contributed by atoms with van der Waals surface area (Å²) in [6.45, 7) is 6.96. The molecule has 0 bridgehead atoms. The zero-order valence-corrected chi connectivity index (χ0v) is 14.4. The number of hydrogen-bond acceptors (Lipinski definition) is 1. The van der Waals surface area contributed by atoms with Crippen molar-refractivity contribution in [2.45, 2.75) is 71.8 Å². The Balaban J connectivity index is 1.77. The van der Waals surface area contributed by atoms with Gasteiger partial charge in [-0.15, -0.1) is 0 Å². The van der Waals surface area contributed by atoms with E-state index in [1.807, 2.05) is 0 Å². The average molecular weight is 298 g/mol. The first kappa shape index (κ1) is 15.8. The van der Waals surface area contributed by atoms with E-state index >= 15 is 0 Å². The molecule has 2 aliphatic rings. The average Bonchev–Trinajstić information content (AvgIpc) is 2.54. The number of aryl methyl sites for hydroxylation is 1. The Morgan fingerprint density at radius 2 is 1.91 bits per heavy atom. The molecule has 3 rings (SSSR count). The van der Waals surface area contributed by atoms with E-state index in [0.717, 1.165) is 24.8 Å². The van der Waals surface area contributed by atoms with Gasteiger partial charge in [0.25, 0.3) is 0 Å². The minimum atomic E-state index is -0.308. The Bertz CT molecular complexity index is 550. The largest absolute Gasteiger partial charge is 0.388 e. The molecule has 0 saturated heterocycles. The maximum Gasteiger partial charge on any atom is 0.0821 e. The number of allylic oxidation sites excluding steroid dienone is 2. The fraction of sp³-hybridized carbons (Fsp3) is 0.619. The molecule has 0 radical (unpaired) electrons. The molecule has 1 heteroatoms. The second kappa shape index (κ2) is 6.20. The lowest BCUT2D eigenvalue weighted by atomic mass is 9.64. The predicted molar refractivity (Wildman–Crippen MR) is 92.8 cm³/mol. The van der Waals surface area contributed by atoms with Crippen LogP contribution in [-0.2, 0) is 6.42 Å². The van der Waals surface area contributed by atoms with Gasteiger partial charge in [0.1, 0.15) is 0 Å². The Morgan fingerprint density at radius 1 is 1.18 bits per heavy atom. The van der Waals surface area contributed by atoms with E-state index in [-0.39, 0.29) is 6.10 Å². The molecular formula is C21H30O. The van der Waals surface area contributed by atoms with Crippen molar-refractivity contribution in [3.05, 3.63) is 46.5 Å². The smallest absolute Gasteiger partial charge is 0.0821 e. The molecular weight excluding hydrogens is 268 g/mol. The van der Waals surface area contributed by atoms with Gasteiger partial charge in [-0.05, 0) is 67.4 Å². The lowest BCUT2D eigenvalue weighted by molar-refractivity contribution is 0.0929. The molecule has 0 spiro atoms. The highest BCUT2D eigenvalue weighted by molar-refractivity contribution is 5.29. The number of rotatable bonds is 3. The van der Waals surface area contributed by atoms with Crippen LogP contribution in [-0.4, -0.2) is 5.11 Å². The maximum absolute atomic E-state index is 10.8. The molecule has 1 nitrogen and oxygen atoms in total. The van der Waals surface area contributed by atoms with Crippen molar-refractivity contribution in [2.24, 2.45) is 11.3 Å². The summed E-state index contributed by atoms with van der Waals surface area (Å²) in [4.78, 5) is 0. The predicted octanol–water partition coefficient (Wildman–Crippen LogP) is 5.59. The van der Waals surface area contributed by atoms with Crippen molar-refractivity contribution >= 4 is 0 Å². The van der Waals surface area contributed by atoms with Gasteiger partial charge in [0.15, 0.2) is 0 Å². The normalized spacial score (nSPS) is 25.7. The third kappa shape index (κ3) is 3.01. The molecule has 120 valence electrons. The van der Waals surface area contributed by atoms with Crippen molar-refractivity contribution in [1.82, 2.24) is 0 Å². The Hall–Kier alpha value is -1.08. The number of benzene rings is 1. The van der Waals surface area contributed by atoms with Crippen LogP contribution in [0.25, 0.3) is 0 Å². The van der Waals surface area contributed by atoms with Gasteiger partial charge in [-0.25, -0.2) is 0 Å². The van der Waals surface area contributed by atoms with Crippen LogP contribution in [0.2, 0.25) is 0 Å². The minimum Gasteiger partial charge on any atom is -0.388 e. The topological polar surface area (TPSA) is 20.2 Å². The second-order valence-electron chi connectivity index (χ2n) is 7.86. The van der Waals surface area contributed by atoms with Gasteiger partial charge in [0, 0.05) is 0 Å². The molecule has 2 aliphatic carbocycles. The van der Waals surface area contributed by atoms with Crippen molar-refractivity contribution in [2.75, 3.05) is 0 Å². The summed E-state index contributed by atoms with van der Waals surface area (Å²) in [5, 5.41) is 10.8. The molecule has 1 aromatic rings. The van der Waals surface area contributed by atoms with Gasteiger partial charge < -0.3 is 5.11 Å². The van der Waals surface area contributed by atoms with Crippen LogP contribution in [0.1, 0.15) is 76.5 Å². The first-order chi connectivity index (χ1) is 10.5. The number of aliphatic hydroxyl groups is 1. The first-order valence-corrected chi connectivity index (χ1v) is 8.99. The fourth-order valence-electron chi connectivity index (χ4n) is 4.44. The Kier molecular flexibility index (Phi) is 4.45. The van der Waals surface area contributed by atoms with E-state index < -0.39 is 0 Å². The Morgan fingerprint density at radius 3 is 2.59 bits per heavy atom. The highest BCUT2D eigenvalue weighted by atomic mass is 16.3. The van der Waals surface area contributed by atoms with Gasteiger partial charge in [0.05, 0.1) is 6.10 Å². The Labute approximate surface area is 135 Å². The zero-order valence-electron chi connectivity index (χ0n) is 14.4. The summed E-state index contributed by atoms with van der Waals surface area (Å²) < 4.78 is 0. The van der Waals surface area contributed by atoms with E-state index in [1.54, 1.807) is 11.1 Å². The molecule has 0 aliphatic heterocycles. The zero-order chi connectivity index (χ0) is 15.7. The summed E-state index contributed by atoms with van der Waals surface area (Å²) in [7, 11) is 0. The molecule has 1 N–H and O–H groups in total. The first-order valence-electron chi connectivity index (χ1n) is 8.99. The summed E-state index contributed by atoms with van der Waals surface area (Å²) in [6, 6.07) is 8.58. The van der Waals surface area contributed by atoms with E-state index in [4.69, 9.17) is 0 Å². The van der Waals surface area contributed by atoms with Gasteiger partial charge in [-0.1, -0.05) is 56.2 Å². The second-order valence-corrected chi connectivity index (χ2v) is 7.86. The summed E-state index contributed by atoms with van der Waals surface area (Å²) >= 11 is 0. The van der Waals surface area contributed by atoms with Gasteiger partial charge in [-0.3, -0.25) is 0 Å². The van der Waals surface area contributed by atoms with Crippen molar-refractivity contribution in [3.8, 4) is 0 Å². The van der Waals surface area contributed by atoms with Crippen molar-refractivity contribution in [1.29, 1.82) is 0 Å². The molecule has 22 heavy (non-hydrogen) atoms. The highest BCUT2D eigenvalue weighted by Gasteiger charge is 2.36. The van der Waals surface area contributed by atoms with Gasteiger partial charge in [0.2, 0.25) is 0 Å². The SMILES string of the molecule is CCc1ccc(C(O)C2CCC3=C(C2)C(C)(C)CCC3)cc1. The van der Waals surface area contributed by atoms with Crippen molar-refractivity contribution in [3.63, 3.8) is 0 Å². The fourth-order valence-corrected chi connectivity index (χ4v) is 4.44. The van der Waals surface area contributed by atoms with Crippen molar-refractivity contribution < 1.29 is 5.11 Å². The number of hydrogen-bond donors (Lipinski definition) is 1. The van der Waals surface area contributed by atoms with Crippen LogP contribution in [0.5, 0.6) is 0 Å². The van der Waals surface area contributed by atoms with Crippen LogP contribution >= 0.6 is 0 Å². The highest BCUT2D eigenvalue weighted by Crippen LogP contribution is 2.49. The monoisotopic (exact) mass is 298 g/mol. The standard InChI is InChI=1S/C21H30O/c1-4-15-7-9-17(10-8-15)20(22)18-12-11-16-6-5-13-21(2,3)19(16)14-18/h7-10,18,20,22H,4-6,11-14H2,1-3H3. The number of aliphatic hydroxyl groups excluding tert-OH is 1. The van der Waals surface area contributed by atoms with Crippen LogP contribution in [0.15, 0.2) is 35.4 Å². The maximum atomic E-state index is 10.8. The molecule has 0 aromatic heterocycles. The molecule has 2 unspecified atom stereocenters. The molecule has 0 fully saturated rings. The third-order valence-electron chi connectivity index (χ3n) is 5.98. The van der Waals surface area contributed by atoms with E-state index in [9.17, 15) is 5.11 Å². The van der Waals surface area contributed by atoms with Crippen LogP contribution in [0, 0.1) is 11.3 Å². The van der Waals surface area contributed by atoms with Crippen LogP contribution in [0.4, 0.5) is 0 Å². The van der Waals surface area contributed by atoms with E-state index in [1.165, 1.54) is 31.2 Å². The lowest BCUT2D eigenvalue weighted by Gasteiger charge is -2.41. The molecule has 2 atom stereocenters. The summed E-state index contributed by atoms with van der Waals surface area (Å²) in [5.41, 5.74) is 6.16. The van der Waals surface area contributed by atoms with Gasteiger partial charge >= 0.3 is 0 Å². The summed E-state index contributed by atoms with van der Waals surface area (Å²) in [6.07, 6.45) is 8.14. The third-order valence-corrected chi connectivity index (χ3v) is 5.98. The molecule has 0 amide bonds.